The average Bonchev–Trinajstić information content (AvgIpc) is 2.90. The van der Waals surface area contributed by atoms with E-state index < -0.39 is 0 Å². The number of ether oxygens (including phenoxy) is 1. The Labute approximate surface area is 125 Å². The van der Waals surface area contributed by atoms with E-state index >= 15 is 0 Å². The summed E-state index contributed by atoms with van der Waals surface area (Å²) in [6, 6.07) is 12.2. The lowest BCUT2D eigenvalue weighted by Crippen LogP contribution is -2.12. The zero-order chi connectivity index (χ0) is 15.0. The summed E-state index contributed by atoms with van der Waals surface area (Å²) in [7, 11) is 1.68. The zero-order valence-electron chi connectivity index (χ0n) is 12.9. The molecule has 108 valence electrons. The molecule has 0 spiro atoms. The second kappa shape index (κ2) is 4.92. The van der Waals surface area contributed by atoms with E-state index in [1.54, 1.807) is 7.11 Å². The van der Waals surface area contributed by atoms with Crippen LogP contribution in [0.5, 0.6) is 5.75 Å². The maximum atomic E-state index is 5.20. The van der Waals surface area contributed by atoms with Crippen molar-refractivity contribution in [3.8, 4) is 17.0 Å². The Hall–Kier alpha value is -2.29. The molecule has 2 heterocycles. The van der Waals surface area contributed by atoms with E-state index in [4.69, 9.17) is 9.72 Å². The van der Waals surface area contributed by atoms with Gasteiger partial charge >= 0.3 is 0 Å². The minimum Gasteiger partial charge on any atom is -0.497 e. The second-order valence-corrected chi connectivity index (χ2v) is 6.26. The van der Waals surface area contributed by atoms with E-state index in [1.165, 1.54) is 5.56 Å². The Morgan fingerprint density at radius 1 is 1.05 bits per heavy atom. The van der Waals surface area contributed by atoms with Crippen molar-refractivity contribution in [1.82, 2.24) is 9.38 Å². The van der Waals surface area contributed by atoms with Gasteiger partial charge in [0.05, 0.1) is 12.8 Å². The maximum Gasteiger partial charge on any atom is 0.141 e. The van der Waals surface area contributed by atoms with Gasteiger partial charge in [-0.15, -0.1) is 0 Å². The lowest BCUT2D eigenvalue weighted by atomic mass is 9.88. The van der Waals surface area contributed by atoms with Crippen LogP contribution in [0.25, 0.3) is 16.9 Å². The fourth-order valence-electron chi connectivity index (χ4n) is 2.50. The van der Waals surface area contributed by atoms with Gasteiger partial charge in [0, 0.05) is 23.5 Å². The van der Waals surface area contributed by atoms with Gasteiger partial charge in [0.2, 0.25) is 0 Å². The van der Waals surface area contributed by atoms with E-state index in [9.17, 15) is 0 Å². The molecule has 0 bridgehead atoms. The van der Waals surface area contributed by atoms with E-state index in [1.807, 2.05) is 30.5 Å². The van der Waals surface area contributed by atoms with Gasteiger partial charge in [0.1, 0.15) is 11.4 Å². The summed E-state index contributed by atoms with van der Waals surface area (Å²) in [4.78, 5) is 4.83. The Morgan fingerprint density at radius 2 is 1.76 bits per heavy atom. The third-order valence-electron chi connectivity index (χ3n) is 3.68. The van der Waals surface area contributed by atoms with Crippen molar-refractivity contribution in [2.24, 2.45) is 0 Å². The first-order chi connectivity index (χ1) is 9.99. The minimum absolute atomic E-state index is 0.0744. The fourth-order valence-corrected chi connectivity index (χ4v) is 2.50. The van der Waals surface area contributed by atoms with Gasteiger partial charge in [0.25, 0.3) is 0 Å². The summed E-state index contributed by atoms with van der Waals surface area (Å²) >= 11 is 0. The molecular formula is C18H20N2O. The standard InChI is InChI=1S/C18H20N2O/c1-18(2,3)15-6-5-11-20-12-16(19-17(15)20)13-7-9-14(21-4)10-8-13/h5-12H,1-4H3. The third-order valence-corrected chi connectivity index (χ3v) is 3.68. The quantitative estimate of drug-likeness (QED) is 0.699. The van der Waals surface area contributed by atoms with Crippen LogP contribution in [0.2, 0.25) is 0 Å². The highest BCUT2D eigenvalue weighted by Crippen LogP contribution is 2.28. The molecule has 3 rings (SSSR count). The molecule has 21 heavy (non-hydrogen) atoms. The highest BCUT2D eigenvalue weighted by atomic mass is 16.5. The SMILES string of the molecule is COc1ccc(-c2cn3cccc(C(C)(C)C)c3n2)cc1. The van der Waals surface area contributed by atoms with Crippen LogP contribution in [0.15, 0.2) is 48.8 Å². The number of fused-ring (bicyclic) bond motifs is 1. The van der Waals surface area contributed by atoms with E-state index in [-0.39, 0.29) is 5.41 Å². The number of nitrogens with zero attached hydrogens (tertiary/aromatic N) is 2. The fraction of sp³-hybridized carbons (Fsp3) is 0.278. The number of benzene rings is 1. The molecule has 0 amide bonds. The molecule has 2 aromatic heterocycles. The monoisotopic (exact) mass is 280 g/mol. The largest absolute Gasteiger partial charge is 0.497 e. The molecule has 0 atom stereocenters. The topological polar surface area (TPSA) is 26.5 Å². The number of hydrogen-bond donors (Lipinski definition) is 0. The molecular weight excluding hydrogens is 260 g/mol. The summed E-state index contributed by atoms with van der Waals surface area (Å²) in [5, 5.41) is 0. The molecule has 0 aliphatic heterocycles. The van der Waals surface area contributed by atoms with Crippen molar-refractivity contribution < 1.29 is 4.74 Å². The van der Waals surface area contributed by atoms with Crippen LogP contribution in [0.1, 0.15) is 26.3 Å². The molecule has 3 aromatic rings. The first-order valence-corrected chi connectivity index (χ1v) is 7.11. The van der Waals surface area contributed by atoms with Crippen molar-refractivity contribution in [3.63, 3.8) is 0 Å². The molecule has 0 saturated heterocycles. The van der Waals surface area contributed by atoms with Crippen LogP contribution >= 0.6 is 0 Å². The number of hydrogen-bond acceptors (Lipinski definition) is 2. The number of pyridine rings is 1. The van der Waals surface area contributed by atoms with Gasteiger partial charge in [-0.25, -0.2) is 4.98 Å². The van der Waals surface area contributed by atoms with Crippen molar-refractivity contribution in [1.29, 1.82) is 0 Å². The number of imidazole rings is 1. The average molecular weight is 280 g/mol. The molecule has 0 aliphatic rings. The first-order valence-electron chi connectivity index (χ1n) is 7.11. The van der Waals surface area contributed by atoms with Crippen LogP contribution in [0.3, 0.4) is 0 Å². The van der Waals surface area contributed by atoms with Crippen molar-refractivity contribution in [2.75, 3.05) is 7.11 Å². The Kier molecular flexibility index (Phi) is 3.20. The number of aromatic nitrogens is 2. The molecule has 3 nitrogen and oxygen atoms in total. The number of methoxy groups -OCH3 is 1. The summed E-state index contributed by atoms with van der Waals surface area (Å²) in [6.45, 7) is 6.64. The summed E-state index contributed by atoms with van der Waals surface area (Å²) < 4.78 is 7.30. The molecule has 0 fully saturated rings. The van der Waals surface area contributed by atoms with E-state index in [0.29, 0.717) is 0 Å². The van der Waals surface area contributed by atoms with Crippen molar-refractivity contribution in [2.45, 2.75) is 26.2 Å². The second-order valence-electron chi connectivity index (χ2n) is 6.26. The first kappa shape index (κ1) is 13.7. The normalized spacial score (nSPS) is 11.8. The van der Waals surface area contributed by atoms with Crippen LogP contribution < -0.4 is 4.74 Å². The van der Waals surface area contributed by atoms with Crippen LogP contribution in [-0.2, 0) is 5.41 Å². The molecule has 0 aliphatic carbocycles. The summed E-state index contributed by atoms with van der Waals surface area (Å²) in [6.07, 6.45) is 4.12. The van der Waals surface area contributed by atoms with Gasteiger partial charge in [-0.05, 0) is 35.7 Å². The molecule has 3 heteroatoms. The molecule has 1 aromatic carbocycles. The molecule has 0 radical (unpaired) electrons. The maximum absolute atomic E-state index is 5.20. The van der Waals surface area contributed by atoms with Crippen LogP contribution in [0.4, 0.5) is 0 Å². The van der Waals surface area contributed by atoms with Crippen molar-refractivity contribution in [3.05, 3.63) is 54.4 Å². The minimum atomic E-state index is 0.0744. The van der Waals surface area contributed by atoms with Gasteiger partial charge in [-0.2, -0.15) is 0 Å². The highest BCUT2D eigenvalue weighted by Gasteiger charge is 2.18. The Balaban J connectivity index is 2.12. The van der Waals surface area contributed by atoms with Crippen LogP contribution in [-0.4, -0.2) is 16.5 Å². The lowest BCUT2D eigenvalue weighted by molar-refractivity contribution is 0.415. The van der Waals surface area contributed by atoms with Gasteiger partial charge in [0.15, 0.2) is 0 Å². The van der Waals surface area contributed by atoms with Gasteiger partial charge in [-0.1, -0.05) is 26.8 Å². The smallest absolute Gasteiger partial charge is 0.141 e. The van der Waals surface area contributed by atoms with Crippen LogP contribution in [0, 0.1) is 0 Å². The highest BCUT2D eigenvalue weighted by molar-refractivity contribution is 5.65. The predicted octanol–water partition coefficient (Wildman–Crippen LogP) is 4.31. The lowest BCUT2D eigenvalue weighted by Gasteiger charge is -2.19. The van der Waals surface area contributed by atoms with E-state index in [0.717, 1.165) is 22.7 Å². The molecule has 0 N–H and O–H groups in total. The van der Waals surface area contributed by atoms with E-state index in [2.05, 4.69) is 43.5 Å². The summed E-state index contributed by atoms with van der Waals surface area (Å²) in [5.74, 6) is 0.859. The number of rotatable bonds is 2. The predicted molar refractivity (Wildman–Crippen MR) is 85.9 cm³/mol. The van der Waals surface area contributed by atoms with Crippen molar-refractivity contribution >= 4 is 5.65 Å². The van der Waals surface area contributed by atoms with Gasteiger partial charge < -0.3 is 9.14 Å². The Bertz CT molecular complexity index is 764. The third kappa shape index (κ3) is 2.51. The molecule has 0 unspecified atom stereocenters. The zero-order valence-corrected chi connectivity index (χ0v) is 12.9. The molecule has 0 saturated carbocycles. The van der Waals surface area contributed by atoms with Gasteiger partial charge in [-0.3, -0.25) is 0 Å². The summed E-state index contributed by atoms with van der Waals surface area (Å²) in [5.41, 5.74) is 4.43. The Morgan fingerprint density at radius 3 is 2.38 bits per heavy atom.